The minimum Gasteiger partial charge on any atom is -0.493 e. The predicted molar refractivity (Wildman–Crippen MR) is 84.0 cm³/mol. The van der Waals surface area contributed by atoms with Gasteiger partial charge in [0.15, 0.2) is 11.5 Å². The van der Waals surface area contributed by atoms with Crippen LogP contribution < -0.4 is 14.8 Å². The summed E-state index contributed by atoms with van der Waals surface area (Å²) >= 11 is 0. The zero-order valence-corrected chi connectivity index (χ0v) is 13.3. The molecule has 1 aromatic rings. The maximum Gasteiger partial charge on any atom is 0.161 e. The lowest BCUT2D eigenvalue weighted by Crippen LogP contribution is -2.39. The average Bonchev–Trinajstić information content (AvgIpc) is 2.94. The second-order valence-electron chi connectivity index (χ2n) is 5.89. The lowest BCUT2D eigenvalue weighted by molar-refractivity contribution is 0.0446. The highest BCUT2D eigenvalue weighted by molar-refractivity contribution is 5.43. The third kappa shape index (κ3) is 3.89. The summed E-state index contributed by atoms with van der Waals surface area (Å²) in [5, 5.41) is 14.0. The first-order chi connectivity index (χ1) is 10.1. The fourth-order valence-corrected chi connectivity index (χ4v) is 3.09. The van der Waals surface area contributed by atoms with Gasteiger partial charge in [-0.15, -0.1) is 0 Å². The fraction of sp³-hybridized carbons (Fsp3) is 0.647. The summed E-state index contributed by atoms with van der Waals surface area (Å²) in [7, 11) is 3.29. The van der Waals surface area contributed by atoms with Crippen LogP contribution in [0.2, 0.25) is 0 Å². The van der Waals surface area contributed by atoms with E-state index >= 15 is 0 Å². The Morgan fingerprint density at radius 3 is 2.43 bits per heavy atom. The molecule has 1 unspecified atom stereocenters. The number of benzene rings is 1. The minimum atomic E-state index is -0.524. The highest BCUT2D eigenvalue weighted by Crippen LogP contribution is 2.32. The highest BCUT2D eigenvalue weighted by Gasteiger charge is 2.31. The molecule has 2 N–H and O–H groups in total. The molecule has 4 nitrogen and oxygen atoms in total. The molecule has 0 bridgehead atoms. The normalized spacial score (nSPS) is 18.5. The summed E-state index contributed by atoms with van der Waals surface area (Å²) in [5.74, 6) is 1.49. The van der Waals surface area contributed by atoms with Crippen LogP contribution >= 0.6 is 0 Å². The Labute approximate surface area is 127 Å². The van der Waals surface area contributed by atoms with Gasteiger partial charge in [0.05, 0.1) is 19.8 Å². The van der Waals surface area contributed by atoms with Crippen molar-refractivity contribution in [1.82, 2.24) is 5.32 Å². The molecule has 2 rings (SSSR count). The molecular formula is C17H27NO3. The van der Waals surface area contributed by atoms with E-state index in [1.54, 1.807) is 14.2 Å². The van der Waals surface area contributed by atoms with E-state index in [4.69, 9.17) is 9.47 Å². The zero-order chi connectivity index (χ0) is 15.3. The molecule has 1 aromatic carbocycles. The standard InChI is InChI=1S/C17H27NO3/c1-4-14(18-12-17(19)9-5-6-10-17)13-7-8-15(20-2)16(11-13)21-3/h7-8,11,14,18-19H,4-6,9-10,12H2,1-3H3. The van der Waals surface area contributed by atoms with Gasteiger partial charge in [-0.2, -0.15) is 0 Å². The molecular weight excluding hydrogens is 266 g/mol. The molecule has 0 aromatic heterocycles. The molecule has 0 saturated heterocycles. The maximum absolute atomic E-state index is 10.5. The van der Waals surface area contributed by atoms with Crippen LogP contribution in [0.15, 0.2) is 18.2 Å². The Morgan fingerprint density at radius 2 is 1.86 bits per heavy atom. The Morgan fingerprint density at radius 1 is 1.19 bits per heavy atom. The zero-order valence-electron chi connectivity index (χ0n) is 13.3. The van der Waals surface area contributed by atoms with Gasteiger partial charge in [-0.3, -0.25) is 0 Å². The van der Waals surface area contributed by atoms with Crippen molar-refractivity contribution in [2.24, 2.45) is 0 Å². The summed E-state index contributed by atoms with van der Waals surface area (Å²) in [5.41, 5.74) is 0.640. The van der Waals surface area contributed by atoms with Crippen LogP contribution in [0.1, 0.15) is 50.6 Å². The molecule has 1 atom stereocenters. The molecule has 1 saturated carbocycles. The summed E-state index contributed by atoms with van der Waals surface area (Å²) in [6.45, 7) is 2.80. The van der Waals surface area contributed by atoms with Gasteiger partial charge in [0, 0.05) is 12.6 Å². The minimum absolute atomic E-state index is 0.217. The topological polar surface area (TPSA) is 50.7 Å². The van der Waals surface area contributed by atoms with Crippen LogP contribution in [0.5, 0.6) is 11.5 Å². The van der Waals surface area contributed by atoms with Crippen LogP contribution in [0, 0.1) is 0 Å². The first-order valence-corrected chi connectivity index (χ1v) is 7.79. The van der Waals surface area contributed by atoms with E-state index in [-0.39, 0.29) is 6.04 Å². The van der Waals surface area contributed by atoms with Gasteiger partial charge in [0.1, 0.15) is 0 Å². The molecule has 1 aliphatic rings. The summed E-state index contributed by atoms with van der Waals surface area (Å²) in [6, 6.07) is 6.22. The van der Waals surface area contributed by atoms with E-state index in [2.05, 4.69) is 18.3 Å². The van der Waals surface area contributed by atoms with Crippen LogP contribution in [0.3, 0.4) is 0 Å². The monoisotopic (exact) mass is 293 g/mol. The summed E-state index contributed by atoms with van der Waals surface area (Å²) in [4.78, 5) is 0. The van der Waals surface area contributed by atoms with Crippen molar-refractivity contribution in [3.05, 3.63) is 23.8 Å². The average molecular weight is 293 g/mol. The molecule has 0 radical (unpaired) electrons. The van der Waals surface area contributed by atoms with Gasteiger partial charge in [-0.1, -0.05) is 25.8 Å². The highest BCUT2D eigenvalue weighted by atomic mass is 16.5. The van der Waals surface area contributed by atoms with E-state index in [0.717, 1.165) is 49.2 Å². The number of aliphatic hydroxyl groups is 1. The largest absolute Gasteiger partial charge is 0.493 e. The second-order valence-corrected chi connectivity index (χ2v) is 5.89. The van der Waals surface area contributed by atoms with E-state index in [1.165, 1.54) is 0 Å². The Kier molecular flexibility index (Phi) is 5.48. The van der Waals surface area contributed by atoms with E-state index < -0.39 is 5.60 Å². The van der Waals surface area contributed by atoms with Crippen LogP contribution in [0.25, 0.3) is 0 Å². The fourth-order valence-electron chi connectivity index (χ4n) is 3.09. The lowest BCUT2D eigenvalue weighted by atomic mass is 9.99. The van der Waals surface area contributed by atoms with Gasteiger partial charge in [0.25, 0.3) is 0 Å². The maximum atomic E-state index is 10.5. The molecule has 0 amide bonds. The number of hydrogen-bond acceptors (Lipinski definition) is 4. The second kappa shape index (κ2) is 7.14. The smallest absolute Gasteiger partial charge is 0.161 e. The van der Waals surface area contributed by atoms with E-state index in [0.29, 0.717) is 6.54 Å². The molecule has 118 valence electrons. The number of hydrogen-bond donors (Lipinski definition) is 2. The van der Waals surface area contributed by atoms with Gasteiger partial charge < -0.3 is 19.9 Å². The molecule has 4 heteroatoms. The number of rotatable bonds is 7. The van der Waals surface area contributed by atoms with Crippen LogP contribution in [0.4, 0.5) is 0 Å². The molecule has 0 spiro atoms. The third-order valence-corrected chi connectivity index (χ3v) is 4.43. The molecule has 1 aliphatic carbocycles. The first kappa shape index (κ1) is 16.1. The number of nitrogens with one attached hydrogen (secondary N) is 1. The van der Waals surface area contributed by atoms with Gasteiger partial charge in [0.2, 0.25) is 0 Å². The van der Waals surface area contributed by atoms with Crippen molar-refractivity contribution >= 4 is 0 Å². The van der Waals surface area contributed by atoms with Gasteiger partial charge in [-0.25, -0.2) is 0 Å². The Hall–Kier alpha value is -1.26. The molecule has 0 aliphatic heterocycles. The van der Waals surface area contributed by atoms with Gasteiger partial charge in [-0.05, 0) is 37.0 Å². The SMILES string of the molecule is CCC(NCC1(O)CCCC1)c1ccc(OC)c(OC)c1. The van der Waals surface area contributed by atoms with E-state index in [1.807, 2.05) is 12.1 Å². The number of ether oxygens (including phenoxy) is 2. The van der Waals surface area contributed by atoms with Crippen molar-refractivity contribution in [2.75, 3.05) is 20.8 Å². The van der Waals surface area contributed by atoms with Gasteiger partial charge >= 0.3 is 0 Å². The van der Waals surface area contributed by atoms with Crippen LogP contribution in [-0.2, 0) is 0 Å². The van der Waals surface area contributed by atoms with Crippen molar-refractivity contribution in [1.29, 1.82) is 0 Å². The first-order valence-electron chi connectivity index (χ1n) is 7.79. The quantitative estimate of drug-likeness (QED) is 0.811. The van der Waals surface area contributed by atoms with E-state index in [9.17, 15) is 5.11 Å². The summed E-state index contributed by atoms with van der Waals surface area (Å²) in [6.07, 6.45) is 5.03. The Bertz CT molecular complexity index is 455. The third-order valence-electron chi connectivity index (χ3n) is 4.43. The predicted octanol–water partition coefficient (Wildman–Crippen LogP) is 3.05. The van der Waals surface area contributed by atoms with Crippen molar-refractivity contribution in [2.45, 2.75) is 50.7 Å². The van der Waals surface area contributed by atoms with Crippen molar-refractivity contribution in [3.8, 4) is 11.5 Å². The van der Waals surface area contributed by atoms with Crippen LogP contribution in [-0.4, -0.2) is 31.5 Å². The molecule has 1 fully saturated rings. The lowest BCUT2D eigenvalue weighted by Gasteiger charge is -2.27. The summed E-state index contributed by atoms with van der Waals surface area (Å²) < 4.78 is 10.6. The van der Waals surface area contributed by atoms with Crippen molar-refractivity contribution < 1.29 is 14.6 Å². The Balaban J connectivity index is 2.06. The number of methoxy groups -OCH3 is 2. The molecule has 0 heterocycles. The van der Waals surface area contributed by atoms with Crippen molar-refractivity contribution in [3.63, 3.8) is 0 Å². The molecule has 21 heavy (non-hydrogen) atoms.